The smallest absolute Gasteiger partial charge is 0.208 e. The van der Waals surface area contributed by atoms with E-state index in [2.05, 4.69) is 111 Å². The fourth-order valence-electron chi connectivity index (χ4n) is 5.46. The third kappa shape index (κ3) is 3.90. The maximum atomic E-state index is 6.03. The first kappa shape index (κ1) is 21.2. The van der Waals surface area contributed by atoms with E-state index < -0.39 is 0 Å². The molecule has 182 valence electrons. The van der Waals surface area contributed by atoms with E-state index in [0.717, 1.165) is 62.8 Å². The summed E-state index contributed by atoms with van der Waals surface area (Å²) in [6, 6.07) is 28.1. The molecule has 0 radical (unpaired) electrons. The van der Waals surface area contributed by atoms with Crippen molar-refractivity contribution in [3.63, 3.8) is 0 Å². The maximum absolute atomic E-state index is 6.03. The Balaban J connectivity index is 1.03. The van der Waals surface area contributed by atoms with Crippen LogP contribution in [0.5, 0.6) is 0 Å². The van der Waals surface area contributed by atoms with Crippen molar-refractivity contribution in [3.8, 4) is 0 Å². The van der Waals surface area contributed by atoms with Gasteiger partial charge in [-0.2, -0.15) is 0 Å². The number of nitrogens with zero attached hydrogens (tertiary/aromatic N) is 5. The van der Waals surface area contributed by atoms with Crippen LogP contribution in [0.2, 0.25) is 0 Å². The van der Waals surface area contributed by atoms with E-state index in [1.807, 2.05) is 0 Å². The summed E-state index contributed by atoms with van der Waals surface area (Å²) < 4.78 is 12.1. The predicted octanol–water partition coefficient (Wildman–Crippen LogP) is 4.12. The molecule has 2 atom stereocenters. The highest BCUT2D eigenvalue weighted by Crippen LogP contribution is 2.34. The molecule has 0 bridgehead atoms. The molecular weight excluding hydrogens is 450 g/mol. The van der Waals surface area contributed by atoms with Gasteiger partial charge in [0.05, 0.1) is 37.8 Å². The van der Waals surface area contributed by atoms with E-state index in [4.69, 9.17) is 14.5 Å². The third-order valence-corrected chi connectivity index (χ3v) is 7.37. The number of benzene rings is 2. The Morgan fingerprint density at radius 3 is 1.56 bits per heavy atom. The lowest BCUT2D eigenvalue weighted by molar-refractivity contribution is 0.245. The monoisotopic (exact) mass is 479 g/mol. The molecule has 7 rings (SSSR count). The second kappa shape index (κ2) is 8.82. The Labute approximate surface area is 211 Å². The number of hydrogen-bond acceptors (Lipinski definition) is 7. The molecule has 0 saturated carbocycles. The van der Waals surface area contributed by atoms with E-state index in [-0.39, 0.29) is 0 Å². The number of rotatable bonds is 6. The van der Waals surface area contributed by atoms with Crippen molar-refractivity contribution >= 4 is 11.6 Å². The molecular formula is C29H29N5O2. The van der Waals surface area contributed by atoms with E-state index in [9.17, 15) is 0 Å². The van der Waals surface area contributed by atoms with Crippen molar-refractivity contribution < 1.29 is 9.47 Å². The summed E-state index contributed by atoms with van der Waals surface area (Å²) in [5.74, 6) is 3.71. The van der Waals surface area contributed by atoms with E-state index in [1.54, 1.807) is 0 Å². The Bertz CT molecular complexity index is 1200. The van der Waals surface area contributed by atoms with Gasteiger partial charge in [0.2, 0.25) is 11.8 Å². The van der Waals surface area contributed by atoms with Gasteiger partial charge in [-0.25, -0.2) is 4.98 Å². The van der Waals surface area contributed by atoms with Gasteiger partial charge in [-0.05, 0) is 36.1 Å². The Morgan fingerprint density at radius 1 is 0.611 bits per heavy atom. The largest absolute Gasteiger partial charge is 0.476 e. The second-order valence-electron chi connectivity index (χ2n) is 9.76. The molecule has 7 nitrogen and oxygen atoms in total. The van der Waals surface area contributed by atoms with E-state index in [1.165, 1.54) is 11.1 Å². The topological polar surface area (TPSA) is 44.3 Å². The average Bonchev–Trinajstić information content (AvgIpc) is 3.69. The first-order valence-corrected chi connectivity index (χ1v) is 12.6. The van der Waals surface area contributed by atoms with Gasteiger partial charge in [0, 0.05) is 0 Å². The lowest BCUT2D eigenvalue weighted by Crippen LogP contribution is -2.36. The Hall–Kier alpha value is -4.13. The minimum Gasteiger partial charge on any atom is -0.476 e. The zero-order chi connectivity index (χ0) is 23.9. The number of anilines is 2. The van der Waals surface area contributed by atoms with Gasteiger partial charge < -0.3 is 29.1 Å². The fraction of sp³-hybridized carbons (Fsp3) is 0.276. The molecule has 4 aliphatic rings. The summed E-state index contributed by atoms with van der Waals surface area (Å²) in [5, 5.41) is 0. The zero-order valence-electron chi connectivity index (χ0n) is 20.1. The van der Waals surface area contributed by atoms with Crippen molar-refractivity contribution in [2.75, 3.05) is 36.4 Å². The number of fused-ring (bicyclic) bond motifs is 2. The third-order valence-electron chi connectivity index (χ3n) is 7.37. The molecule has 3 aromatic rings. The molecule has 2 aromatic carbocycles. The van der Waals surface area contributed by atoms with Crippen LogP contribution in [0, 0.1) is 0 Å². The van der Waals surface area contributed by atoms with Crippen molar-refractivity contribution in [2.24, 2.45) is 0 Å². The normalized spacial score (nSPS) is 22.2. The van der Waals surface area contributed by atoms with Gasteiger partial charge in [-0.1, -0.05) is 66.7 Å². The van der Waals surface area contributed by atoms with Crippen LogP contribution in [0.15, 0.2) is 103 Å². The van der Waals surface area contributed by atoms with Crippen LogP contribution in [-0.2, 0) is 22.3 Å². The summed E-state index contributed by atoms with van der Waals surface area (Å²) in [7, 11) is 0. The molecule has 0 amide bonds. The van der Waals surface area contributed by atoms with Gasteiger partial charge in [-0.15, -0.1) is 0 Å². The molecule has 36 heavy (non-hydrogen) atoms. The lowest BCUT2D eigenvalue weighted by Gasteiger charge is -2.25. The van der Waals surface area contributed by atoms with E-state index >= 15 is 0 Å². The summed E-state index contributed by atoms with van der Waals surface area (Å²) >= 11 is 0. The molecule has 5 heterocycles. The number of aromatic nitrogens is 1. The summed E-state index contributed by atoms with van der Waals surface area (Å²) in [6.45, 7) is 2.95. The van der Waals surface area contributed by atoms with Crippen LogP contribution < -0.4 is 9.80 Å². The van der Waals surface area contributed by atoms with E-state index in [0.29, 0.717) is 12.1 Å². The van der Waals surface area contributed by atoms with Crippen molar-refractivity contribution in [3.05, 3.63) is 114 Å². The highest BCUT2D eigenvalue weighted by molar-refractivity contribution is 5.54. The Kier molecular flexibility index (Phi) is 5.19. The molecule has 0 spiro atoms. The molecule has 4 aliphatic heterocycles. The van der Waals surface area contributed by atoms with Gasteiger partial charge in [0.1, 0.15) is 24.8 Å². The van der Waals surface area contributed by atoms with Crippen LogP contribution in [0.1, 0.15) is 11.1 Å². The number of hydrogen-bond donors (Lipinski definition) is 0. The van der Waals surface area contributed by atoms with Gasteiger partial charge in [-0.3, -0.25) is 0 Å². The highest BCUT2D eigenvalue weighted by Gasteiger charge is 2.38. The van der Waals surface area contributed by atoms with Crippen LogP contribution in [-0.4, -0.2) is 53.4 Å². The van der Waals surface area contributed by atoms with Crippen LogP contribution in [0.25, 0.3) is 0 Å². The summed E-state index contributed by atoms with van der Waals surface area (Å²) in [6.07, 6.45) is 6.11. The minimum absolute atomic E-state index is 0.334. The van der Waals surface area contributed by atoms with Gasteiger partial charge in [0.25, 0.3) is 0 Å². The summed E-state index contributed by atoms with van der Waals surface area (Å²) in [5.41, 5.74) is 2.67. The van der Waals surface area contributed by atoms with Crippen LogP contribution in [0.4, 0.5) is 11.6 Å². The molecule has 0 unspecified atom stereocenters. The maximum Gasteiger partial charge on any atom is 0.208 e. The predicted molar refractivity (Wildman–Crippen MR) is 139 cm³/mol. The zero-order valence-corrected chi connectivity index (χ0v) is 20.1. The quantitative estimate of drug-likeness (QED) is 0.527. The second-order valence-corrected chi connectivity index (χ2v) is 9.76. The standard InChI is InChI=1S/C29H29N5O2/c1-3-8-22(9-4-1)14-24-18-35-28-16-31(20-33(24)28)26-12-7-13-27(30-26)32-17-29-34(21-32)25(19-36-29)15-23-10-5-2-6-11-23/h1-13,16-17,24-25H,14-15,18-21H2/t24-,25-/m0/s1. The van der Waals surface area contributed by atoms with Crippen molar-refractivity contribution in [1.82, 2.24) is 14.8 Å². The number of ether oxygens (including phenoxy) is 2. The molecule has 2 saturated heterocycles. The molecule has 7 heteroatoms. The molecule has 0 aliphatic carbocycles. The fourth-order valence-corrected chi connectivity index (χ4v) is 5.46. The highest BCUT2D eigenvalue weighted by atomic mass is 16.5. The Morgan fingerprint density at radius 2 is 1.08 bits per heavy atom. The first-order chi connectivity index (χ1) is 17.8. The van der Waals surface area contributed by atoms with Gasteiger partial charge >= 0.3 is 0 Å². The average molecular weight is 480 g/mol. The minimum atomic E-state index is 0.334. The van der Waals surface area contributed by atoms with Crippen LogP contribution >= 0.6 is 0 Å². The first-order valence-electron chi connectivity index (χ1n) is 12.6. The molecule has 1 aromatic heterocycles. The van der Waals surface area contributed by atoms with Crippen molar-refractivity contribution in [2.45, 2.75) is 24.9 Å². The van der Waals surface area contributed by atoms with Crippen molar-refractivity contribution in [1.29, 1.82) is 0 Å². The SMILES string of the molecule is C1=C2OC[C@H](Cc3ccccc3)N2CN1c1cccc(N2C=C3OC[C@H](Cc4ccccc4)N3C2)n1. The number of pyridine rings is 1. The molecule has 2 fully saturated rings. The van der Waals surface area contributed by atoms with Gasteiger partial charge in [0.15, 0.2) is 0 Å². The summed E-state index contributed by atoms with van der Waals surface area (Å²) in [4.78, 5) is 14.0. The van der Waals surface area contributed by atoms with Crippen LogP contribution in [0.3, 0.4) is 0 Å². The molecule has 0 N–H and O–H groups in total. The lowest BCUT2D eigenvalue weighted by atomic mass is 10.1.